The molecule has 0 unspecified atom stereocenters. The summed E-state index contributed by atoms with van der Waals surface area (Å²) < 4.78 is 10.4. The predicted molar refractivity (Wildman–Crippen MR) is 53.3 cm³/mol. The zero-order valence-corrected chi connectivity index (χ0v) is 7.99. The van der Waals surface area contributed by atoms with Crippen molar-refractivity contribution >= 4 is 0 Å². The molecule has 0 bridgehead atoms. The summed E-state index contributed by atoms with van der Waals surface area (Å²) in [7, 11) is 1.65. The number of benzene rings is 1. The van der Waals surface area contributed by atoms with Gasteiger partial charge in [0.25, 0.3) is 0 Å². The molecular formula is C11H14O2. The fourth-order valence-electron chi connectivity index (χ4n) is 0.913. The highest BCUT2D eigenvalue weighted by molar-refractivity contribution is 5.31. The second kappa shape index (κ2) is 5.25. The van der Waals surface area contributed by atoms with Gasteiger partial charge in [-0.3, -0.25) is 0 Å². The van der Waals surface area contributed by atoms with Gasteiger partial charge in [0.2, 0.25) is 0 Å². The van der Waals surface area contributed by atoms with Gasteiger partial charge in [-0.1, -0.05) is 12.2 Å². The van der Waals surface area contributed by atoms with Gasteiger partial charge in [-0.2, -0.15) is 0 Å². The lowest BCUT2D eigenvalue weighted by atomic mass is 10.3. The fraction of sp³-hybridized carbons (Fsp3) is 0.273. The van der Waals surface area contributed by atoms with Crippen molar-refractivity contribution in [3.63, 3.8) is 0 Å². The van der Waals surface area contributed by atoms with Gasteiger partial charge >= 0.3 is 0 Å². The molecule has 0 spiro atoms. The smallest absolute Gasteiger partial charge is 0.120 e. The van der Waals surface area contributed by atoms with Gasteiger partial charge < -0.3 is 9.47 Å². The van der Waals surface area contributed by atoms with Gasteiger partial charge in [0.05, 0.1) is 7.11 Å². The lowest BCUT2D eigenvalue weighted by Gasteiger charge is -2.03. The molecule has 2 heteroatoms. The summed E-state index contributed by atoms with van der Waals surface area (Å²) in [6.07, 6.45) is 3.92. The molecule has 0 heterocycles. The molecule has 0 aromatic heterocycles. The van der Waals surface area contributed by atoms with E-state index in [2.05, 4.69) is 0 Å². The van der Waals surface area contributed by atoms with Crippen LogP contribution in [0.2, 0.25) is 0 Å². The van der Waals surface area contributed by atoms with Crippen LogP contribution in [-0.2, 0) is 0 Å². The molecule has 0 saturated heterocycles. The van der Waals surface area contributed by atoms with E-state index in [9.17, 15) is 0 Å². The van der Waals surface area contributed by atoms with E-state index in [1.807, 2.05) is 43.3 Å². The van der Waals surface area contributed by atoms with E-state index in [0.29, 0.717) is 6.61 Å². The highest BCUT2D eigenvalue weighted by Gasteiger charge is 1.92. The summed E-state index contributed by atoms with van der Waals surface area (Å²) in [5.74, 6) is 1.71. The molecule has 0 N–H and O–H groups in total. The molecule has 0 atom stereocenters. The molecule has 1 rings (SSSR count). The molecule has 1 aromatic rings. The molecule has 0 aliphatic rings. The zero-order chi connectivity index (χ0) is 9.52. The Morgan fingerprint density at radius 1 is 1.15 bits per heavy atom. The molecule has 0 aliphatic heterocycles. The van der Waals surface area contributed by atoms with E-state index in [1.165, 1.54) is 0 Å². The molecule has 0 amide bonds. The predicted octanol–water partition coefficient (Wildman–Crippen LogP) is 2.65. The Morgan fingerprint density at radius 2 is 1.77 bits per heavy atom. The first-order chi connectivity index (χ1) is 6.36. The van der Waals surface area contributed by atoms with Crippen LogP contribution in [-0.4, -0.2) is 13.7 Å². The summed E-state index contributed by atoms with van der Waals surface area (Å²) >= 11 is 0. The van der Waals surface area contributed by atoms with Crippen LogP contribution >= 0.6 is 0 Å². The molecule has 0 saturated carbocycles. The summed E-state index contributed by atoms with van der Waals surface area (Å²) in [6.45, 7) is 2.58. The van der Waals surface area contributed by atoms with Crippen molar-refractivity contribution in [1.29, 1.82) is 0 Å². The monoisotopic (exact) mass is 178 g/mol. The lowest BCUT2D eigenvalue weighted by Crippen LogP contribution is -1.92. The van der Waals surface area contributed by atoms with Crippen molar-refractivity contribution in [2.24, 2.45) is 0 Å². The maximum Gasteiger partial charge on any atom is 0.120 e. The molecule has 0 radical (unpaired) electrons. The van der Waals surface area contributed by atoms with Crippen LogP contribution in [0.4, 0.5) is 0 Å². The van der Waals surface area contributed by atoms with E-state index in [0.717, 1.165) is 11.5 Å². The normalized spacial score (nSPS) is 10.3. The third-order valence-electron chi connectivity index (χ3n) is 1.64. The minimum atomic E-state index is 0.614. The van der Waals surface area contributed by atoms with E-state index >= 15 is 0 Å². The third kappa shape index (κ3) is 3.20. The van der Waals surface area contributed by atoms with E-state index in [-0.39, 0.29) is 0 Å². The molecule has 1 aromatic carbocycles. The van der Waals surface area contributed by atoms with Crippen molar-refractivity contribution in [3.05, 3.63) is 36.4 Å². The first kappa shape index (κ1) is 9.65. The standard InChI is InChI=1S/C11H14O2/c1-3-4-9-13-11-7-5-10(12-2)6-8-11/h3-8H,9H2,1-2H3. The summed E-state index contributed by atoms with van der Waals surface area (Å²) in [6, 6.07) is 7.54. The van der Waals surface area contributed by atoms with Crippen molar-refractivity contribution in [3.8, 4) is 11.5 Å². The third-order valence-corrected chi connectivity index (χ3v) is 1.64. The van der Waals surface area contributed by atoms with Crippen molar-refractivity contribution in [1.82, 2.24) is 0 Å². The second-order valence-electron chi connectivity index (χ2n) is 2.56. The quantitative estimate of drug-likeness (QED) is 0.660. The van der Waals surface area contributed by atoms with Gasteiger partial charge in [0.15, 0.2) is 0 Å². The first-order valence-electron chi connectivity index (χ1n) is 4.25. The first-order valence-corrected chi connectivity index (χ1v) is 4.25. The lowest BCUT2D eigenvalue weighted by molar-refractivity contribution is 0.360. The number of hydrogen-bond donors (Lipinski definition) is 0. The average Bonchev–Trinajstić information content (AvgIpc) is 2.19. The molecule has 13 heavy (non-hydrogen) atoms. The van der Waals surface area contributed by atoms with Crippen molar-refractivity contribution in [2.45, 2.75) is 6.92 Å². The van der Waals surface area contributed by atoms with Crippen LogP contribution in [0.1, 0.15) is 6.92 Å². The molecule has 2 nitrogen and oxygen atoms in total. The fourth-order valence-corrected chi connectivity index (χ4v) is 0.913. The van der Waals surface area contributed by atoms with E-state index in [4.69, 9.17) is 9.47 Å². The highest BCUT2D eigenvalue weighted by atomic mass is 16.5. The van der Waals surface area contributed by atoms with Crippen LogP contribution in [0, 0.1) is 0 Å². The average molecular weight is 178 g/mol. The molecule has 70 valence electrons. The number of hydrogen-bond acceptors (Lipinski definition) is 2. The maximum atomic E-state index is 5.40. The number of ether oxygens (including phenoxy) is 2. The second-order valence-corrected chi connectivity index (χ2v) is 2.56. The van der Waals surface area contributed by atoms with Crippen LogP contribution < -0.4 is 9.47 Å². The van der Waals surface area contributed by atoms with Crippen LogP contribution in [0.25, 0.3) is 0 Å². The van der Waals surface area contributed by atoms with Crippen LogP contribution in [0.5, 0.6) is 11.5 Å². The maximum absolute atomic E-state index is 5.40. The Kier molecular flexibility index (Phi) is 3.89. The Balaban J connectivity index is 2.49. The molecule has 0 fully saturated rings. The topological polar surface area (TPSA) is 18.5 Å². The summed E-state index contributed by atoms with van der Waals surface area (Å²) in [4.78, 5) is 0. The Morgan fingerprint density at radius 3 is 2.31 bits per heavy atom. The molecule has 0 aliphatic carbocycles. The highest BCUT2D eigenvalue weighted by Crippen LogP contribution is 2.16. The van der Waals surface area contributed by atoms with E-state index < -0.39 is 0 Å². The summed E-state index contributed by atoms with van der Waals surface area (Å²) in [5.41, 5.74) is 0. The number of methoxy groups -OCH3 is 1. The summed E-state index contributed by atoms with van der Waals surface area (Å²) in [5, 5.41) is 0. The van der Waals surface area contributed by atoms with Gasteiger partial charge in [-0.25, -0.2) is 0 Å². The minimum absolute atomic E-state index is 0.614. The largest absolute Gasteiger partial charge is 0.497 e. The van der Waals surface area contributed by atoms with Gasteiger partial charge in [0, 0.05) is 0 Å². The van der Waals surface area contributed by atoms with Gasteiger partial charge in [-0.05, 0) is 31.2 Å². The zero-order valence-electron chi connectivity index (χ0n) is 7.99. The van der Waals surface area contributed by atoms with Crippen molar-refractivity contribution in [2.75, 3.05) is 13.7 Å². The Bertz CT molecular complexity index is 262. The SMILES string of the molecule is CC=CCOc1ccc(OC)cc1. The molecular weight excluding hydrogens is 164 g/mol. The minimum Gasteiger partial charge on any atom is -0.497 e. The number of rotatable bonds is 4. The number of allylic oxidation sites excluding steroid dienone is 1. The van der Waals surface area contributed by atoms with Crippen LogP contribution in [0.15, 0.2) is 36.4 Å². The van der Waals surface area contributed by atoms with Gasteiger partial charge in [-0.15, -0.1) is 0 Å². The Hall–Kier alpha value is -1.44. The van der Waals surface area contributed by atoms with Crippen molar-refractivity contribution < 1.29 is 9.47 Å². The van der Waals surface area contributed by atoms with Gasteiger partial charge in [0.1, 0.15) is 18.1 Å². The van der Waals surface area contributed by atoms with E-state index in [1.54, 1.807) is 7.11 Å². The van der Waals surface area contributed by atoms with Crippen LogP contribution in [0.3, 0.4) is 0 Å². The Labute approximate surface area is 78.8 Å².